The second-order valence-corrected chi connectivity index (χ2v) is 4.69. The zero-order valence-electron chi connectivity index (χ0n) is 11.8. The molecule has 3 rings (SSSR count). The quantitative estimate of drug-likeness (QED) is 0.793. The summed E-state index contributed by atoms with van der Waals surface area (Å²) in [5.74, 6) is 0.608. The summed E-state index contributed by atoms with van der Waals surface area (Å²) in [4.78, 5) is 20.1. The largest absolute Gasteiger partial charge is 0.359 e. The summed E-state index contributed by atoms with van der Waals surface area (Å²) in [6.07, 6.45) is 0.0992. The maximum atomic E-state index is 11.4. The number of para-hydroxylation sites is 1. The summed E-state index contributed by atoms with van der Waals surface area (Å²) >= 11 is 0. The van der Waals surface area contributed by atoms with E-state index < -0.39 is 0 Å². The Labute approximate surface area is 121 Å². The van der Waals surface area contributed by atoms with Crippen LogP contribution < -0.4 is 5.32 Å². The van der Waals surface area contributed by atoms with Crippen molar-refractivity contribution in [2.45, 2.75) is 13.3 Å². The minimum atomic E-state index is -0.155. The van der Waals surface area contributed by atoms with E-state index in [2.05, 4.69) is 20.4 Å². The van der Waals surface area contributed by atoms with E-state index in [0.717, 1.165) is 22.2 Å². The summed E-state index contributed by atoms with van der Waals surface area (Å²) in [6.45, 7) is 1.91. The number of benzene rings is 1. The molecule has 0 atom stereocenters. The van der Waals surface area contributed by atoms with E-state index >= 15 is 0 Å². The molecule has 0 aliphatic heterocycles. The summed E-state index contributed by atoms with van der Waals surface area (Å²) in [5.41, 5.74) is 2.57. The van der Waals surface area contributed by atoms with Crippen LogP contribution >= 0.6 is 0 Å². The normalized spacial score (nSPS) is 10.8. The Balaban J connectivity index is 2.06. The minimum absolute atomic E-state index is 0.0992. The molecule has 3 aromatic rings. The number of nitrogens with one attached hydrogen (secondary N) is 1. The fraction of sp³-hybridized carbons (Fsp3) is 0.200. The number of hydrogen-bond donors (Lipinski definition) is 1. The first-order chi connectivity index (χ1) is 10.2. The number of aryl methyl sites for hydroxylation is 1. The highest BCUT2D eigenvalue weighted by molar-refractivity contribution is 5.92. The average molecular weight is 282 g/mol. The molecule has 0 aliphatic carbocycles. The minimum Gasteiger partial charge on any atom is -0.359 e. The highest BCUT2D eigenvalue weighted by atomic mass is 16.5. The van der Waals surface area contributed by atoms with E-state index in [-0.39, 0.29) is 12.3 Å². The van der Waals surface area contributed by atoms with E-state index in [1.54, 1.807) is 7.05 Å². The zero-order valence-corrected chi connectivity index (χ0v) is 11.8. The number of pyridine rings is 1. The van der Waals surface area contributed by atoms with Gasteiger partial charge in [-0.2, -0.15) is 4.98 Å². The molecule has 0 bridgehead atoms. The van der Waals surface area contributed by atoms with Crippen molar-refractivity contribution in [3.63, 3.8) is 0 Å². The number of aromatic nitrogens is 3. The Morgan fingerprint density at radius 1 is 1.29 bits per heavy atom. The average Bonchev–Trinajstić information content (AvgIpc) is 2.94. The Morgan fingerprint density at radius 3 is 2.90 bits per heavy atom. The fourth-order valence-corrected chi connectivity index (χ4v) is 2.15. The van der Waals surface area contributed by atoms with E-state index in [4.69, 9.17) is 4.52 Å². The van der Waals surface area contributed by atoms with Gasteiger partial charge in [-0.3, -0.25) is 9.78 Å². The van der Waals surface area contributed by atoms with Crippen LogP contribution in [0.3, 0.4) is 0 Å². The third-order valence-electron chi connectivity index (χ3n) is 3.14. The summed E-state index contributed by atoms with van der Waals surface area (Å²) in [5, 5.41) is 7.32. The predicted octanol–water partition coefficient (Wildman–Crippen LogP) is 1.88. The predicted molar refractivity (Wildman–Crippen MR) is 77.5 cm³/mol. The number of nitrogens with zero attached hydrogens (tertiary/aromatic N) is 3. The van der Waals surface area contributed by atoms with Crippen molar-refractivity contribution in [1.29, 1.82) is 0 Å². The van der Waals surface area contributed by atoms with Crippen LogP contribution in [0.2, 0.25) is 0 Å². The number of rotatable bonds is 3. The molecule has 0 unspecified atom stereocenters. The fourth-order valence-electron chi connectivity index (χ4n) is 2.15. The maximum absolute atomic E-state index is 11.4. The van der Waals surface area contributed by atoms with Crippen LogP contribution in [0.5, 0.6) is 0 Å². The molecule has 0 saturated carbocycles. The monoisotopic (exact) mass is 282 g/mol. The lowest BCUT2D eigenvalue weighted by Crippen LogP contribution is -2.20. The molecule has 1 amide bonds. The molecular weight excluding hydrogens is 268 g/mol. The molecule has 2 aromatic heterocycles. The Kier molecular flexibility index (Phi) is 3.35. The van der Waals surface area contributed by atoms with Crippen LogP contribution in [0.25, 0.3) is 22.4 Å². The lowest BCUT2D eigenvalue weighted by Gasteiger charge is -2.03. The van der Waals surface area contributed by atoms with Gasteiger partial charge in [0.1, 0.15) is 0 Å². The lowest BCUT2D eigenvalue weighted by molar-refractivity contribution is -0.120. The maximum Gasteiger partial charge on any atom is 0.258 e. The van der Waals surface area contributed by atoms with Crippen LogP contribution in [0.15, 0.2) is 34.9 Å². The molecule has 0 saturated heterocycles. The molecule has 1 aromatic carbocycles. The number of amides is 1. The van der Waals surface area contributed by atoms with Gasteiger partial charge in [0, 0.05) is 18.1 Å². The Bertz CT molecular complexity index is 810. The smallest absolute Gasteiger partial charge is 0.258 e. The molecule has 21 heavy (non-hydrogen) atoms. The van der Waals surface area contributed by atoms with Crippen LogP contribution in [0, 0.1) is 6.92 Å². The molecule has 0 aliphatic rings. The van der Waals surface area contributed by atoms with Gasteiger partial charge in [-0.05, 0) is 19.1 Å². The number of carbonyl (C=O) groups excluding carboxylic acids is 1. The van der Waals surface area contributed by atoms with Gasteiger partial charge in [0.05, 0.1) is 17.5 Å². The number of hydrogen-bond acceptors (Lipinski definition) is 5. The van der Waals surface area contributed by atoms with Crippen molar-refractivity contribution in [2.75, 3.05) is 7.05 Å². The first-order valence-corrected chi connectivity index (χ1v) is 6.57. The molecular formula is C15H14N4O2. The van der Waals surface area contributed by atoms with Gasteiger partial charge < -0.3 is 9.84 Å². The topological polar surface area (TPSA) is 80.9 Å². The summed E-state index contributed by atoms with van der Waals surface area (Å²) in [6, 6.07) is 9.67. The van der Waals surface area contributed by atoms with Crippen molar-refractivity contribution in [3.05, 3.63) is 41.9 Å². The zero-order chi connectivity index (χ0) is 14.8. The standard InChI is InChI=1S/C15H14N4O2/c1-9-7-11(10-5-3-4-6-12(10)17-9)15-18-13(19-21-15)8-14(20)16-2/h3-7H,8H2,1-2H3,(H,16,20). The highest BCUT2D eigenvalue weighted by Crippen LogP contribution is 2.27. The molecule has 0 spiro atoms. The molecule has 6 heteroatoms. The number of likely N-dealkylation sites (N-methyl/N-ethyl adjacent to an activating group) is 1. The van der Waals surface area contributed by atoms with Gasteiger partial charge in [-0.15, -0.1) is 0 Å². The molecule has 0 fully saturated rings. The van der Waals surface area contributed by atoms with Crippen molar-refractivity contribution >= 4 is 16.8 Å². The van der Waals surface area contributed by atoms with E-state index in [1.165, 1.54) is 0 Å². The van der Waals surface area contributed by atoms with Gasteiger partial charge >= 0.3 is 0 Å². The number of carbonyl (C=O) groups is 1. The van der Waals surface area contributed by atoms with Gasteiger partial charge in [0.2, 0.25) is 5.91 Å². The first kappa shape index (κ1) is 13.2. The van der Waals surface area contributed by atoms with Crippen LogP contribution in [0.4, 0.5) is 0 Å². The third kappa shape index (κ3) is 2.60. The van der Waals surface area contributed by atoms with Crippen LogP contribution in [-0.4, -0.2) is 28.1 Å². The summed E-state index contributed by atoms with van der Waals surface area (Å²) in [7, 11) is 1.57. The third-order valence-corrected chi connectivity index (χ3v) is 3.14. The highest BCUT2D eigenvalue weighted by Gasteiger charge is 2.14. The molecule has 106 valence electrons. The number of fused-ring (bicyclic) bond motifs is 1. The Morgan fingerprint density at radius 2 is 2.10 bits per heavy atom. The lowest BCUT2D eigenvalue weighted by atomic mass is 10.1. The molecule has 1 N–H and O–H groups in total. The van der Waals surface area contributed by atoms with Crippen LogP contribution in [0.1, 0.15) is 11.5 Å². The van der Waals surface area contributed by atoms with Crippen molar-refractivity contribution in [1.82, 2.24) is 20.4 Å². The van der Waals surface area contributed by atoms with E-state index in [1.807, 2.05) is 37.3 Å². The molecule has 0 radical (unpaired) electrons. The van der Waals surface area contributed by atoms with Gasteiger partial charge in [-0.25, -0.2) is 0 Å². The van der Waals surface area contributed by atoms with Crippen molar-refractivity contribution < 1.29 is 9.32 Å². The van der Waals surface area contributed by atoms with E-state index in [0.29, 0.717) is 11.7 Å². The van der Waals surface area contributed by atoms with Crippen molar-refractivity contribution in [3.8, 4) is 11.5 Å². The first-order valence-electron chi connectivity index (χ1n) is 6.57. The van der Waals surface area contributed by atoms with Crippen LogP contribution in [-0.2, 0) is 11.2 Å². The van der Waals surface area contributed by atoms with Gasteiger partial charge in [-0.1, -0.05) is 23.4 Å². The van der Waals surface area contributed by atoms with E-state index in [9.17, 15) is 4.79 Å². The van der Waals surface area contributed by atoms with Gasteiger partial charge in [0.15, 0.2) is 5.82 Å². The molecule has 6 nitrogen and oxygen atoms in total. The van der Waals surface area contributed by atoms with Gasteiger partial charge in [0.25, 0.3) is 5.89 Å². The second-order valence-electron chi connectivity index (χ2n) is 4.69. The SMILES string of the molecule is CNC(=O)Cc1noc(-c2cc(C)nc3ccccc23)n1. The molecule has 2 heterocycles. The van der Waals surface area contributed by atoms with Crippen molar-refractivity contribution in [2.24, 2.45) is 0 Å². The summed E-state index contributed by atoms with van der Waals surface area (Å²) < 4.78 is 5.29. The second kappa shape index (κ2) is 5.32. The Hall–Kier alpha value is -2.76.